The Kier molecular flexibility index (Phi) is 13.2. The van der Waals surface area contributed by atoms with Gasteiger partial charge in [-0.3, -0.25) is 4.79 Å². The molecule has 0 bridgehead atoms. The summed E-state index contributed by atoms with van der Waals surface area (Å²) in [5.74, 6) is 0. The number of nitrogens with zero attached hydrogens (tertiary/aromatic N) is 1. The van der Waals surface area contributed by atoms with E-state index >= 15 is 0 Å². The second-order valence-electron chi connectivity index (χ2n) is 1.13. The van der Waals surface area contributed by atoms with Crippen molar-refractivity contribution in [3.8, 4) is 0 Å². The molecule has 0 aromatic rings. The molecule has 0 atom stereocenters. The molecule has 5 heteroatoms. The van der Waals surface area contributed by atoms with Crippen molar-refractivity contribution in [2.45, 2.75) is 0 Å². The van der Waals surface area contributed by atoms with Crippen LogP contribution in [0.15, 0.2) is 0 Å². The van der Waals surface area contributed by atoms with E-state index in [1.54, 1.807) is 14.1 Å². The van der Waals surface area contributed by atoms with Gasteiger partial charge in [-0.2, -0.15) is 0 Å². The first kappa shape index (κ1) is 10.7. The Hall–Kier alpha value is -0.276. The Morgan fingerprint density at radius 3 is 1.75 bits per heavy atom. The van der Waals surface area contributed by atoms with Crippen molar-refractivity contribution < 1.29 is 27.6 Å². The molecule has 0 fully saturated rings. The van der Waals surface area contributed by atoms with Crippen molar-refractivity contribution in [1.29, 1.82) is 0 Å². The van der Waals surface area contributed by atoms with Gasteiger partial charge in [0.2, 0.25) is 6.41 Å². The molecular formula is C3H8NNiO3. The Bertz CT molecular complexity index is 65.5. The normalized spacial score (nSPS) is 6.88. The van der Waals surface area contributed by atoms with Gasteiger partial charge in [0.05, 0.1) is 0 Å². The van der Waals surface area contributed by atoms with Gasteiger partial charge in [0.1, 0.15) is 0 Å². The van der Waals surface area contributed by atoms with Crippen LogP contribution in [0.5, 0.6) is 0 Å². The van der Waals surface area contributed by atoms with Gasteiger partial charge in [0, 0.05) is 14.1 Å². The molecule has 0 radical (unpaired) electrons. The fourth-order valence-electron chi connectivity index (χ4n) is 0. The van der Waals surface area contributed by atoms with E-state index in [9.17, 15) is 4.79 Å². The molecule has 0 aromatic carbocycles. The van der Waals surface area contributed by atoms with Crippen LogP contribution in [0.4, 0.5) is 0 Å². The molecule has 0 saturated heterocycles. The van der Waals surface area contributed by atoms with Gasteiger partial charge in [-0.15, -0.1) is 0 Å². The summed E-state index contributed by atoms with van der Waals surface area (Å²) in [5, 5.41) is 0. The second kappa shape index (κ2) is 9.87. The molecule has 0 aromatic heterocycles. The van der Waals surface area contributed by atoms with Crippen LogP contribution in [0.1, 0.15) is 0 Å². The quantitative estimate of drug-likeness (QED) is 0.401. The van der Waals surface area contributed by atoms with Crippen molar-refractivity contribution >= 4 is 6.41 Å². The van der Waals surface area contributed by atoms with Crippen LogP contribution in [-0.2, 0) is 23.4 Å². The van der Waals surface area contributed by atoms with Crippen LogP contribution in [0, 0.1) is 0 Å². The van der Waals surface area contributed by atoms with E-state index in [-0.39, 0.29) is 0 Å². The summed E-state index contributed by atoms with van der Waals surface area (Å²) >= 11 is -0.625. The number of amides is 1. The zero-order valence-electron chi connectivity index (χ0n) is 4.60. The topological polar surface area (TPSA) is 57.6 Å². The summed E-state index contributed by atoms with van der Waals surface area (Å²) in [5.41, 5.74) is 0. The van der Waals surface area contributed by atoms with Gasteiger partial charge < -0.3 is 4.90 Å². The van der Waals surface area contributed by atoms with Gasteiger partial charge >= 0.3 is 22.8 Å². The number of carbonyl (C=O) groups is 1. The Morgan fingerprint density at radius 2 is 1.75 bits per heavy atom. The molecule has 0 saturated carbocycles. The minimum atomic E-state index is -0.625. The zero-order chi connectivity index (χ0) is 6.99. The molecule has 0 rings (SSSR count). The first-order chi connectivity index (χ1) is 3.68. The summed E-state index contributed by atoms with van der Waals surface area (Å²) in [7, 11) is 3.38. The molecule has 1 N–H and O–H groups in total. The van der Waals surface area contributed by atoms with E-state index in [0.29, 0.717) is 0 Å². The summed E-state index contributed by atoms with van der Waals surface area (Å²) in [6, 6.07) is 0. The van der Waals surface area contributed by atoms with Crippen LogP contribution < -0.4 is 0 Å². The maximum absolute atomic E-state index is 9.43. The van der Waals surface area contributed by atoms with Crippen molar-refractivity contribution in [2.24, 2.45) is 0 Å². The van der Waals surface area contributed by atoms with E-state index < -0.39 is 14.7 Å². The summed E-state index contributed by atoms with van der Waals surface area (Å²) in [6.45, 7) is 0. The summed E-state index contributed by atoms with van der Waals surface area (Å²) in [4.78, 5) is 10.9. The molecule has 0 aliphatic rings. The van der Waals surface area contributed by atoms with Gasteiger partial charge in [-0.25, -0.2) is 0 Å². The van der Waals surface area contributed by atoms with E-state index in [2.05, 4.69) is 0 Å². The zero-order valence-corrected chi connectivity index (χ0v) is 5.59. The molecule has 0 unspecified atom stereocenters. The summed E-state index contributed by atoms with van der Waals surface area (Å²) in [6.07, 6.45) is 0.750. The van der Waals surface area contributed by atoms with Gasteiger partial charge in [-0.1, -0.05) is 0 Å². The third-order valence-corrected chi connectivity index (χ3v) is 0.211. The van der Waals surface area contributed by atoms with E-state index in [0.717, 1.165) is 6.41 Å². The molecule has 4 nitrogen and oxygen atoms in total. The molecule has 1 amide bonds. The monoisotopic (exact) mass is 164 g/mol. The predicted octanol–water partition coefficient (Wildman–Crippen LogP) is -0.974. The fourth-order valence-corrected chi connectivity index (χ4v) is 0. The van der Waals surface area contributed by atoms with Crippen LogP contribution in [0.2, 0.25) is 0 Å². The van der Waals surface area contributed by atoms with E-state index in [1.165, 1.54) is 4.90 Å². The third kappa shape index (κ3) is 43.0. The van der Waals surface area contributed by atoms with Crippen LogP contribution in [0.25, 0.3) is 0 Å². The Morgan fingerprint density at radius 1 is 1.62 bits per heavy atom. The third-order valence-electron chi connectivity index (χ3n) is 0.211. The molecule has 0 aliphatic heterocycles. The number of rotatable bonds is 1. The second-order valence-corrected chi connectivity index (χ2v) is 1.31. The van der Waals surface area contributed by atoms with Crippen molar-refractivity contribution in [3.63, 3.8) is 0 Å². The molecular weight excluding hydrogens is 157 g/mol. The Balaban J connectivity index is 0. The molecule has 0 heterocycles. The number of hydrogen-bond donors (Lipinski definition) is 1. The molecule has 53 valence electrons. The Labute approximate surface area is 53.8 Å². The average Bonchev–Trinajstić information content (AvgIpc) is 1.69. The van der Waals surface area contributed by atoms with Crippen LogP contribution in [-0.4, -0.2) is 29.7 Å². The van der Waals surface area contributed by atoms with Gasteiger partial charge in [0.15, 0.2) is 0 Å². The first-order valence-corrected chi connectivity index (χ1v) is 2.50. The van der Waals surface area contributed by atoms with E-state index in [4.69, 9.17) is 8.15 Å². The standard InChI is InChI=1S/C3H7NO.Ni.H2O.O/c1-4(2)3-5;;;/h3H,1-2H3;;1H2;/q;+1;;/p-1. The van der Waals surface area contributed by atoms with Gasteiger partial charge in [-0.05, 0) is 0 Å². The van der Waals surface area contributed by atoms with E-state index in [1.807, 2.05) is 0 Å². The van der Waals surface area contributed by atoms with Crippen LogP contribution >= 0.6 is 0 Å². The van der Waals surface area contributed by atoms with Crippen LogP contribution in [0.3, 0.4) is 0 Å². The SMILES string of the molecule is CN(C)C=O.[O]=[Ni][OH]. The predicted molar refractivity (Wildman–Crippen MR) is 22.7 cm³/mol. The summed E-state index contributed by atoms with van der Waals surface area (Å²) < 4.78 is 15.4. The minimum absolute atomic E-state index is 0.625. The maximum atomic E-state index is 9.43. The van der Waals surface area contributed by atoms with Crippen molar-refractivity contribution in [3.05, 3.63) is 0 Å². The fraction of sp³-hybridized carbons (Fsp3) is 0.667. The van der Waals surface area contributed by atoms with Crippen molar-refractivity contribution in [1.82, 2.24) is 4.90 Å². The first-order valence-electron chi connectivity index (χ1n) is 1.66. The molecule has 0 aliphatic carbocycles. The number of carbonyl (C=O) groups excluding carboxylic acids is 1. The van der Waals surface area contributed by atoms with Crippen molar-refractivity contribution in [2.75, 3.05) is 14.1 Å². The average molecular weight is 165 g/mol. The molecule has 8 heavy (non-hydrogen) atoms. The van der Waals surface area contributed by atoms with Gasteiger partial charge in [0.25, 0.3) is 0 Å². The number of hydrogen-bond acceptors (Lipinski definition) is 2. The molecule has 0 spiro atoms.